The maximum absolute atomic E-state index is 15.6. The molecule has 2 aromatic heterocycles. The van der Waals surface area contributed by atoms with E-state index in [4.69, 9.17) is 4.98 Å². The first-order valence-corrected chi connectivity index (χ1v) is 25.1. The second kappa shape index (κ2) is 16.6. The number of piperidine rings is 3. The average Bonchev–Trinajstić information content (AvgIpc) is 3.75. The molecule has 2 unspecified atom stereocenters. The second-order valence-corrected chi connectivity index (χ2v) is 22.6. The van der Waals surface area contributed by atoms with Crippen molar-refractivity contribution in [1.29, 1.82) is 0 Å². The van der Waals surface area contributed by atoms with Crippen molar-refractivity contribution in [2.75, 3.05) is 56.0 Å². The Bertz CT molecular complexity index is 2610. The van der Waals surface area contributed by atoms with Crippen LogP contribution in [0.2, 0.25) is 0 Å². The predicted molar refractivity (Wildman–Crippen MR) is 240 cm³/mol. The van der Waals surface area contributed by atoms with Crippen molar-refractivity contribution in [3.05, 3.63) is 57.8 Å². The number of imide groups is 1. The summed E-state index contributed by atoms with van der Waals surface area (Å²) >= 11 is 0. The van der Waals surface area contributed by atoms with E-state index >= 15 is 4.39 Å². The van der Waals surface area contributed by atoms with Gasteiger partial charge in [-0.05, 0) is 134 Å². The fourth-order valence-corrected chi connectivity index (χ4v) is 14.4. The largest absolute Gasteiger partial charge is 0.388 e. The zero-order chi connectivity index (χ0) is 45.6. The molecule has 3 aromatic rings. The van der Waals surface area contributed by atoms with Gasteiger partial charge >= 0.3 is 0 Å². The molecule has 7 aliphatic rings. The normalized spacial score (nSPS) is 28.7. The molecule has 3 saturated carbocycles. The second-order valence-electron chi connectivity index (χ2n) is 20.4. The number of amides is 2. The van der Waals surface area contributed by atoms with Crippen LogP contribution in [0.3, 0.4) is 0 Å². The van der Waals surface area contributed by atoms with Crippen LogP contribution in [0.5, 0.6) is 0 Å². The number of likely N-dealkylation sites (tertiary alicyclic amines) is 1. The van der Waals surface area contributed by atoms with Gasteiger partial charge in [0.1, 0.15) is 17.2 Å². The molecule has 3 aliphatic carbocycles. The van der Waals surface area contributed by atoms with Crippen LogP contribution in [0.25, 0.3) is 11.0 Å². The van der Waals surface area contributed by atoms with Gasteiger partial charge in [-0.25, -0.2) is 22.1 Å². The summed E-state index contributed by atoms with van der Waals surface area (Å²) in [7, 11) is -3.47. The van der Waals surface area contributed by atoms with Gasteiger partial charge in [0.2, 0.25) is 16.0 Å². The van der Waals surface area contributed by atoms with Gasteiger partial charge in [-0.3, -0.25) is 33.4 Å². The molecule has 6 heterocycles. The molecule has 1 spiro atoms. The van der Waals surface area contributed by atoms with E-state index in [-0.39, 0.29) is 58.5 Å². The number of hydrogen-bond acceptors (Lipinski definition) is 13. The molecule has 18 heteroatoms. The Morgan fingerprint density at radius 3 is 2.25 bits per heavy atom. The number of halogens is 1. The lowest BCUT2D eigenvalue weighted by Crippen LogP contribution is -2.52. The Morgan fingerprint density at radius 2 is 1.57 bits per heavy atom. The summed E-state index contributed by atoms with van der Waals surface area (Å²) in [6, 6.07) is 4.37. The van der Waals surface area contributed by atoms with E-state index in [9.17, 15) is 37.5 Å². The molecule has 348 valence electrons. The maximum Gasteiger partial charge on any atom is 0.262 e. The van der Waals surface area contributed by atoms with Crippen molar-refractivity contribution in [3.63, 3.8) is 0 Å². The van der Waals surface area contributed by atoms with Crippen LogP contribution in [-0.2, 0) is 19.6 Å². The first-order chi connectivity index (χ1) is 31.0. The van der Waals surface area contributed by atoms with Gasteiger partial charge in [0, 0.05) is 62.8 Å². The number of carbonyl (C=O) groups is 4. The number of hydrogen-bond donors (Lipinski definition) is 2. The van der Waals surface area contributed by atoms with E-state index in [2.05, 4.69) is 15.2 Å². The van der Waals surface area contributed by atoms with E-state index in [0.717, 1.165) is 62.7 Å². The Morgan fingerprint density at radius 1 is 0.877 bits per heavy atom. The Hall–Kier alpha value is -4.65. The lowest BCUT2D eigenvalue weighted by molar-refractivity contribution is -0.138. The number of Topliss-reactive ketones (excluding diaryl/α,β-unsaturated/α-hetero) is 2. The minimum absolute atomic E-state index is 0.0268. The lowest BCUT2D eigenvalue weighted by atomic mass is 9.57. The third kappa shape index (κ3) is 7.88. The van der Waals surface area contributed by atoms with Crippen molar-refractivity contribution < 1.29 is 37.1 Å². The summed E-state index contributed by atoms with van der Waals surface area (Å²) < 4.78 is 46.6. The molecule has 2 N–H and O–H groups in total. The van der Waals surface area contributed by atoms with Gasteiger partial charge in [0.25, 0.3) is 17.4 Å². The zero-order valence-corrected chi connectivity index (χ0v) is 38.0. The number of pyridine rings is 1. The summed E-state index contributed by atoms with van der Waals surface area (Å²) in [5.74, 6) is -2.50. The number of ketones is 2. The van der Waals surface area contributed by atoms with Gasteiger partial charge in [-0.15, -0.1) is 0 Å². The fourth-order valence-electron chi connectivity index (χ4n) is 12.4. The minimum Gasteiger partial charge on any atom is -0.388 e. The number of nitrogens with zero attached hydrogens (tertiary/aromatic N) is 7. The zero-order valence-electron chi connectivity index (χ0n) is 37.2. The van der Waals surface area contributed by atoms with Crippen molar-refractivity contribution in [2.45, 2.75) is 126 Å². The molecule has 6 fully saturated rings. The number of benzene rings is 1. The van der Waals surface area contributed by atoms with E-state index in [1.807, 2.05) is 4.90 Å². The number of anilines is 2. The number of aromatic nitrogens is 3. The van der Waals surface area contributed by atoms with Crippen molar-refractivity contribution in [1.82, 2.24) is 28.6 Å². The molecule has 65 heavy (non-hydrogen) atoms. The number of nitrogens with one attached hydrogen (secondary N) is 1. The quantitative estimate of drug-likeness (QED) is 0.228. The van der Waals surface area contributed by atoms with Gasteiger partial charge in [-0.2, -0.15) is 4.98 Å². The van der Waals surface area contributed by atoms with Crippen LogP contribution < -0.4 is 15.8 Å². The summed E-state index contributed by atoms with van der Waals surface area (Å²) in [5, 5.41) is 14.7. The Labute approximate surface area is 378 Å². The summed E-state index contributed by atoms with van der Waals surface area (Å²) in [6.07, 6.45) is 10.3. The summed E-state index contributed by atoms with van der Waals surface area (Å²) in [4.78, 5) is 79.3. The van der Waals surface area contributed by atoms with Crippen molar-refractivity contribution in [2.24, 2.45) is 17.3 Å². The first-order valence-electron chi connectivity index (χ1n) is 23.6. The van der Waals surface area contributed by atoms with Crippen LogP contribution in [0, 0.1) is 23.1 Å². The number of carbonyl (C=O) groups excluding carboxylic acids is 4. The highest BCUT2D eigenvalue weighted by Gasteiger charge is 2.49. The Kier molecular flexibility index (Phi) is 11.3. The molecule has 10 rings (SSSR count). The van der Waals surface area contributed by atoms with Gasteiger partial charge < -0.3 is 20.2 Å². The standard InChI is InChI=1S/C47H59FN8O8S/c1-28-38(57)7-6-36(41(28)59)55-43(60)33-22-35(48)37(23-34(33)44(55)61)53-20-14-47(15-21-53)24-29(25-47)27-52-16-11-32(12-17-52)65(63,64)54-18-9-31(10-19-54)50-45-49-26-30-5-8-40(58)56(42(30)51-45)39-4-3-13-46(39,2)62/h5,8,22-23,26,28-29,31-32,36,39,62H,3-4,6-7,9-21,24-25,27H2,1-2H3,(H,49,50,51)/t28?,36?,39-,46-/m1/s1. The van der Waals surface area contributed by atoms with Crippen LogP contribution in [0.15, 0.2) is 35.3 Å². The van der Waals surface area contributed by atoms with Crippen LogP contribution in [-0.4, -0.2) is 134 Å². The van der Waals surface area contributed by atoms with Crippen LogP contribution in [0.1, 0.15) is 124 Å². The van der Waals surface area contributed by atoms with Gasteiger partial charge in [0.15, 0.2) is 5.78 Å². The number of rotatable bonds is 9. The molecule has 2 amide bonds. The molecular formula is C47H59FN8O8S. The molecule has 1 aromatic carbocycles. The highest BCUT2D eigenvalue weighted by molar-refractivity contribution is 7.89. The molecule has 3 saturated heterocycles. The van der Waals surface area contributed by atoms with Crippen LogP contribution >= 0.6 is 0 Å². The first kappa shape index (κ1) is 44.2. The van der Waals surface area contributed by atoms with Crippen LogP contribution in [0.4, 0.5) is 16.0 Å². The highest BCUT2D eigenvalue weighted by Crippen LogP contribution is 2.53. The van der Waals surface area contributed by atoms with E-state index < -0.39 is 56.2 Å². The smallest absolute Gasteiger partial charge is 0.262 e. The monoisotopic (exact) mass is 914 g/mol. The van der Waals surface area contributed by atoms with Crippen molar-refractivity contribution in [3.8, 4) is 0 Å². The minimum atomic E-state index is -3.47. The van der Waals surface area contributed by atoms with Gasteiger partial charge in [-0.1, -0.05) is 0 Å². The lowest BCUT2D eigenvalue weighted by Gasteiger charge is -2.54. The molecule has 0 radical (unpaired) electrons. The Balaban J connectivity index is 0.677. The SMILES string of the molecule is CC1C(=O)CCC(N2C(=O)c3cc(F)c(N4CCC5(CC4)CC(CN4CCC(S(=O)(=O)N6CCC(Nc7ncc8ccc(=O)n([C@@H]9CCC[C@@]9(C)O)c8n7)CC6)CC4)C5)cc3C2=O)C1=O. The number of sulfonamides is 1. The van der Waals surface area contributed by atoms with Gasteiger partial charge in [0.05, 0.1) is 45.7 Å². The molecular weight excluding hydrogens is 856 g/mol. The number of fused-ring (bicyclic) bond motifs is 2. The summed E-state index contributed by atoms with van der Waals surface area (Å²) in [5.41, 5.74) is -0.208. The molecule has 4 aliphatic heterocycles. The molecule has 16 nitrogen and oxygen atoms in total. The average molecular weight is 915 g/mol. The summed E-state index contributed by atoms with van der Waals surface area (Å²) in [6.45, 7) is 7.75. The van der Waals surface area contributed by atoms with Crippen molar-refractivity contribution >= 4 is 56.1 Å². The molecule has 0 bridgehead atoms. The van der Waals surface area contributed by atoms with E-state index in [1.165, 1.54) is 19.1 Å². The number of aliphatic hydroxyl groups is 1. The molecule has 4 atom stereocenters. The topological polar surface area (TPSA) is 195 Å². The van der Waals surface area contributed by atoms with E-state index in [1.54, 1.807) is 28.1 Å². The third-order valence-electron chi connectivity index (χ3n) is 16.3. The maximum atomic E-state index is 15.6. The fraction of sp³-hybridized carbons (Fsp3) is 0.638. The van der Waals surface area contributed by atoms with E-state index in [0.29, 0.717) is 87.6 Å². The predicted octanol–water partition coefficient (Wildman–Crippen LogP) is 4.31. The third-order valence-corrected chi connectivity index (χ3v) is 18.7. The highest BCUT2D eigenvalue weighted by atomic mass is 32.2.